The second-order valence-corrected chi connectivity index (χ2v) is 9.09. The van der Waals surface area contributed by atoms with Crippen LogP contribution in [0.4, 0.5) is 0 Å². The van der Waals surface area contributed by atoms with Gasteiger partial charge in [0, 0.05) is 17.9 Å². The topological polar surface area (TPSA) is 125 Å². The largest absolute Gasteiger partial charge is 0.390 e. The summed E-state index contributed by atoms with van der Waals surface area (Å²) >= 11 is 0. The average Bonchev–Trinajstić information content (AvgIpc) is 3.10. The Labute approximate surface area is 184 Å². The van der Waals surface area contributed by atoms with Crippen LogP contribution >= 0.6 is 0 Å². The van der Waals surface area contributed by atoms with Gasteiger partial charge in [-0.2, -0.15) is 0 Å². The Hall–Kier alpha value is -0.850. The molecule has 0 spiro atoms. The highest BCUT2D eigenvalue weighted by Crippen LogP contribution is 2.39. The van der Waals surface area contributed by atoms with Crippen LogP contribution in [0.1, 0.15) is 34.1 Å². The molecule has 2 fully saturated rings. The second kappa shape index (κ2) is 12.4. The summed E-state index contributed by atoms with van der Waals surface area (Å²) < 4.78 is 33.1. The number of carbonyl (C=O) groups excluding carboxylic acids is 1. The van der Waals surface area contributed by atoms with Gasteiger partial charge in [0.05, 0.1) is 65.6 Å². The van der Waals surface area contributed by atoms with Crippen molar-refractivity contribution in [3.05, 3.63) is 0 Å². The molecule has 5 atom stereocenters. The molecule has 2 aliphatic rings. The summed E-state index contributed by atoms with van der Waals surface area (Å²) in [5.41, 5.74) is -1.25. The summed E-state index contributed by atoms with van der Waals surface area (Å²) in [6, 6.07) is 0. The lowest BCUT2D eigenvalue weighted by atomic mass is 9.86. The van der Waals surface area contributed by atoms with E-state index in [9.17, 15) is 15.0 Å². The lowest BCUT2D eigenvalue weighted by Gasteiger charge is -2.41. The molecule has 0 saturated carbocycles. The molecule has 0 aromatic carbocycles. The molecule has 0 aromatic heterocycles. The quantitative estimate of drug-likeness (QED) is 0.310. The van der Waals surface area contributed by atoms with Crippen LogP contribution in [0.5, 0.6) is 0 Å². The summed E-state index contributed by atoms with van der Waals surface area (Å²) in [5.74, 6) is -0.313. The van der Waals surface area contributed by atoms with Crippen LogP contribution < -0.4 is 5.32 Å². The SMILES string of the molecule is C[C@H]1[C@H]2OC[C@](COCCOCCOCCOCCC(=O)NC(C)(C)C)(O2)[C@H](O)[C@@H]1O. The van der Waals surface area contributed by atoms with E-state index in [1.54, 1.807) is 6.92 Å². The van der Waals surface area contributed by atoms with Gasteiger partial charge in [-0.15, -0.1) is 0 Å². The van der Waals surface area contributed by atoms with Crippen LogP contribution in [0.2, 0.25) is 0 Å². The molecule has 0 aliphatic carbocycles. The highest BCUT2D eigenvalue weighted by atomic mass is 16.7. The van der Waals surface area contributed by atoms with Crippen molar-refractivity contribution in [1.29, 1.82) is 0 Å². The van der Waals surface area contributed by atoms with E-state index in [-0.39, 0.29) is 30.6 Å². The zero-order valence-corrected chi connectivity index (χ0v) is 19.1. The molecule has 2 heterocycles. The molecule has 10 nitrogen and oxygen atoms in total. The highest BCUT2D eigenvalue weighted by molar-refractivity contribution is 5.76. The van der Waals surface area contributed by atoms with Gasteiger partial charge in [0.1, 0.15) is 11.7 Å². The molecular formula is C21H39NO9. The summed E-state index contributed by atoms with van der Waals surface area (Å²) in [6.45, 7) is 10.7. The maximum atomic E-state index is 11.6. The molecule has 0 radical (unpaired) electrons. The van der Waals surface area contributed by atoms with Crippen molar-refractivity contribution < 1.29 is 43.4 Å². The van der Waals surface area contributed by atoms with E-state index in [1.807, 2.05) is 20.8 Å². The zero-order valence-electron chi connectivity index (χ0n) is 19.1. The third-order valence-electron chi connectivity index (χ3n) is 5.12. The minimum Gasteiger partial charge on any atom is -0.390 e. The number of hydrogen-bond acceptors (Lipinski definition) is 9. The number of aliphatic hydroxyl groups is 2. The minimum absolute atomic E-state index is 0.0285. The fourth-order valence-electron chi connectivity index (χ4n) is 3.41. The third kappa shape index (κ3) is 8.54. The van der Waals surface area contributed by atoms with Crippen LogP contribution in [-0.2, 0) is 33.2 Å². The van der Waals surface area contributed by atoms with E-state index < -0.39 is 24.1 Å². The van der Waals surface area contributed by atoms with Crippen LogP contribution in [0.3, 0.4) is 0 Å². The Bertz CT molecular complexity index is 541. The molecule has 182 valence electrons. The number of carbonyl (C=O) groups is 1. The van der Waals surface area contributed by atoms with Gasteiger partial charge in [0.15, 0.2) is 6.29 Å². The first kappa shape index (κ1) is 26.4. The highest BCUT2D eigenvalue weighted by Gasteiger charge is 2.57. The van der Waals surface area contributed by atoms with Crippen LogP contribution in [-0.4, -0.2) is 105 Å². The average molecular weight is 450 g/mol. The fraction of sp³-hybridized carbons (Fsp3) is 0.952. The number of aliphatic hydroxyl groups excluding tert-OH is 2. The number of amides is 1. The Morgan fingerprint density at radius 3 is 2.13 bits per heavy atom. The van der Waals surface area contributed by atoms with Gasteiger partial charge in [-0.3, -0.25) is 4.79 Å². The van der Waals surface area contributed by atoms with Crippen molar-refractivity contribution in [2.24, 2.45) is 5.92 Å². The van der Waals surface area contributed by atoms with Crippen LogP contribution in [0, 0.1) is 5.92 Å². The summed E-state index contributed by atoms with van der Waals surface area (Å²) in [4.78, 5) is 11.6. The second-order valence-electron chi connectivity index (χ2n) is 9.09. The van der Waals surface area contributed by atoms with E-state index in [0.29, 0.717) is 52.7 Å². The number of ether oxygens (including phenoxy) is 6. The number of hydrogen-bond donors (Lipinski definition) is 3. The van der Waals surface area contributed by atoms with E-state index in [2.05, 4.69) is 5.32 Å². The number of fused-ring (bicyclic) bond motifs is 2. The lowest BCUT2D eigenvalue weighted by Crippen LogP contribution is -2.60. The zero-order chi connectivity index (χ0) is 22.9. The van der Waals surface area contributed by atoms with E-state index in [0.717, 1.165) is 0 Å². The van der Waals surface area contributed by atoms with Crippen molar-refractivity contribution in [1.82, 2.24) is 5.32 Å². The van der Waals surface area contributed by atoms with E-state index in [4.69, 9.17) is 28.4 Å². The Morgan fingerprint density at radius 1 is 1.00 bits per heavy atom. The molecule has 2 bridgehead atoms. The maximum Gasteiger partial charge on any atom is 0.222 e. The molecule has 3 N–H and O–H groups in total. The van der Waals surface area contributed by atoms with Crippen LogP contribution in [0.25, 0.3) is 0 Å². The standard InChI is InChI=1S/C21H39NO9/c1-15-17(24)18(25)21(14-30-19(15)31-21)13-29-12-11-28-10-9-27-8-7-26-6-5-16(23)22-20(2,3)4/h15,17-19,24-25H,5-14H2,1-4H3,(H,22,23)/t15-,17-,18-,19+,21+/m1/s1. The predicted molar refractivity (Wildman–Crippen MR) is 111 cm³/mol. The molecular weight excluding hydrogens is 410 g/mol. The van der Waals surface area contributed by atoms with Crippen molar-refractivity contribution in [2.75, 3.05) is 59.5 Å². The molecule has 0 aromatic rings. The Kier molecular flexibility index (Phi) is 10.6. The van der Waals surface area contributed by atoms with Gasteiger partial charge >= 0.3 is 0 Å². The van der Waals surface area contributed by atoms with Crippen molar-refractivity contribution in [2.45, 2.75) is 63.8 Å². The molecule has 31 heavy (non-hydrogen) atoms. The number of nitrogens with one attached hydrogen (secondary N) is 1. The monoisotopic (exact) mass is 449 g/mol. The summed E-state index contributed by atoms with van der Waals surface area (Å²) in [7, 11) is 0. The first-order chi connectivity index (χ1) is 14.6. The first-order valence-corrected chi connectivity index (χ1v) is 10.9. The van der Waals surface area contributed by atoms with Gasteiger partial charge in [0.2, 0.25) is 5.91 Å². The Morgan fingerprint density at radius 2 is 1.55 bits per heavy atom. The Balaban J connectivity index is 1.39. The minimum atomic E-state index is -1.05. The van der Waals surface area contributed by atoms with Gasteiger partial charge < -0.3 is 44.0 Å². The first-order valence-electron chi connectivity index (χ1n) is 10.9. The molecule has 1 amide bonds. The van der Waals surface area contributed by atoms with Crippen molar-refractivity contribution >= 4 is 5.91 Å². The molecule has 0 unspecified atom stereocenters. The fourth-order valence-corrected chi connectivity index (χ4v) is 3.41. The third-order valence-corrected chi connectivity index (χ3v) is 5.12. The molecule has 10 heteroatoms. The summed E-state index contributed by atoms with van der Waals surface area (Å²) in [6.07, 6.45) is -2.14. The maximum absolute atomic E-state index is 11.6. The molecule has 2 saturated heterocycles. The summed E-state index contributed by atoms with van der Waals surface area (Å²) in [5, 5.41) is 23.3. The predicted octanol–water partition coefficient (Wildman–Crippen LogP) is -0.159. The molecule has 2 aliphatic heterocycles. The lowest BCUT2D eigenvalue weighted by molar-refractivity contribution is -0.248. The smallest absolute Gasteiger partial charge is 0.222 e. The van der Waals surface area contributed by atoms with Crippen molar-refractivity contribution in [3.8, 4) is 0 Å². The van der Waals surface area contributed by atoms with Crippen LogP contribution in [0.15, 0.2) is 0 Å². The van der Waals surface area contributed by atoms with E-state index in [1.165, 1.54) is 0 Å². The normalized spacial score (nSPS) is 30.5. The van der Waals surface area contributed by atoms with Gasteiger partial charge in [-0.05, 0) is 20.8 Å². The van der Waals surface area contributed by atoms with E-state index >= 15 is 0 Å². The molecule has 2 rings (SSSR count). The van der Waals surface area contributed by atoms with Gasteiger partial charge in [-0.25, -0.2) is 0 Å². The van der Waals surface area contributed by atoms with Gasteiger partial charge in [-0.1, -0.05) is 6.92 Å². The van der Waals surface area contributed by atoms with Gasteiger partial charge in [0.25, 0.3) is 0 Å². The number of rotatable bonds is 14. The van der Waals surface area contributed by atoms with Crippen molar-refractivity contribution in [3.63, 3.8) is 0 Å².